The first-order valence-electron chi connectivity index (χ1n) is 9.93. The zero-order valence-corrected chi connectivity index (χ0v) is 16.8. The normalized spacial score (nSPS) is 11.4. The van der Waals surface area contributed by atoms with E-state index in [2.05, 4.69) is 5.10 Å². The molecule has 0 amide bonds. The Morgan fingerprint density at radius 1 is 0.871 bits per heavy atom. The molecule has 31 heavy (non-hydrogen) atoms. The number of benzene rings is 3. The highest BCUT2D eigenvalue weighted by Crippen LogP contribution is 2.14. The number of halogens is 1. The zero-order chi connectivity index (χ0) is 21.5. The lowest BCUT2D eigenvalue weighted by atomic mass is 10.1. The average Bonchev–Trinajstić information content (AvgIpc) is 3.10. The molecule has 0 aliphatic heterocycles. The predicted octanol–water partition coefficient (Wildman–Crippen LogP) is 3.36. The smallest absolute Gasteiger partial charge is 0.272 e. The van der Waals surface area contributed by atoms with E-state index < -0.39 is 0 Å². The summed E-state index contributed by atoms with van der Waals surface area (Å²) >= 11 is 0. The number of rotatable bonds is 4. The van der Waals surface area contributed by atoms with Gasteiger partial charge in [-0.2, -0.15) is 0 Å². The summed E-state index contributed by atoms with van der Waals surface area (Å²) < 4.78 is 17.6. The van der Waals surface area contributed by atoms with Gasteiger partial charge in [0, 0.05) is 0 Å². The molecule has 3 aromatic carbocycles. The largest absolute Gasteiger partial charge is 0.352 e. The lowest BCUT2D eigenvalue weighted by molar-refractivity contribution is 0.626. The van der Waals surface area contributed by atoms with Crippen molar-refractivity contribution in [1.82, 2.24) is 18.7 Å². The topological polar surface area (TPSA) is 61.3 Å². The number of para-hydroxylation sites is 1. The Morgan fingerprint density at radius 3 is 2.35 bits per heavy atom. The van der Waals surface area contributed by atoms with Crippen molar-refractivity contribution in [1.29, 1.82) is 0 Å². The molecular formula is C24H19FN4O2. The third-order valence-corrected chi connectivity index (χ3v) is 5.52. The first kappa shape index (κ1) is 19.0. The molecule has 0 unspecified atom stereocenters. The first-order chi connectivity index (χ1) is 15.0. The van der Waals surface area contributed by atoms with Crippen LogP contribution in [0.15, 0.2) is 82.4 Å². The van der Waals surface area contributed by atoms with Gasteiger partial charge < -0.3 is 0 Å². The van der Waals surface area contributed by atoms with Gasteiger partial charge in [0.25, 0.3) is 5.56 Å². The molecule has 0 radical (unpaired) electrons. The lowest BCUT2D eigenvalue weighted by Crippen LogP contribution is -2.27. The highest BCUT2D eigenvalue weighted by Gasteiger charge is 2.18. The van der Waals surface area contributed by atoms with Crippen molar-refractivity contribution in [3.63, 3.8) is 0 Å². The van der Waals surface area contributed by atoms with Gasteiger partial charge in [-0.1, -0.05) is 48.5 Å². The van der Waals surface area contributed by atoms with Crippen LogP contribution in [-0.2, 0) is 13.1 Å². The van der Waals surface area contributed by atoms with Gasteiger partial charge in [-0.3, -0.25) is 9.36 Å². The van der Waals surface area contributed by atoms with Crippen molar-refractivity contribution >= 4 is 16.7 Å². The first-order valence-corrected chi connectivity index (χ1v) is 9.93. The Bertz CT molecular complexity index is 1540. The molecule has 0 bridgehead atoms. The quantitative estimate of drug-likeness (QED) is 0.453. The van der Waals surface area contributed by atoms with E-state index in [-0.39, 0.29) is 29.4 Å². The Kier molecular flexibility index (Phi) is 4.51. The van der Waals surface area contributed by atoms with Crippen LogP contribution in [0.1, 0.15) is 16.7 Å². The lowest BCUT2D eigenvalue weighted by Gasteiger charge is -2.09. The molecule has 2 heterocycles. The van der Waals surface area contributed by atoms with Gasteiger partial charge in [0.15, 0.2) is 0 Å². The minimum atomic E-state index is -0.349. The molecule has 0 spiro atoms. The van der Waals surface area contributed by atoms with Crippen LogP contribution in [0, 0.1) is 12.7 Å². The molecule has 5 rings (SSSR count). The fraction of sp³-hybridized carbons (Fsp3) is 0.125. The maximum Gasteiger partial charge on any atom is 0.352 e. The summed E-state index contributed by atoms with van der Waals surface area (Å²) in [4.78, 5) is 26.6. The van der Waals surface area contributed by atoms with Crippen LogP contribution in [0.25, 0.3) is 16.7 Å². The number of aromatic nitrogens is 4. The standard InChI is InChI=1S/C24H19FN4O2/c1-16-6-2-3-7-18(16)15-28-24(31)29-21-9-5-4-8-20(21)22(30)27(23(29)26-28)14-17-10-12-19(25)13-11-17/h2-13H,14-15H2,1H3. The third-order valence-electron chi connectivity index (χ3n) is 5.52. The molecule has 0 N–H and O–H groups in total. The van der Waals surface area contributed by atoms with Gasteiger partial charge in [0.05, 0.1) is 24.0 Å². The van der Waals surface area contributed by atoms with Crippen LogP contribution in [-0.4, -0.2) is 18.7 Å². The second-order valence-electron chi connectivity index (χ2n) is 7.54. The monoisotopic (exact) mass is 414 g/mol. The Balaban J connectivity index is 1.76. The maximum atomic E-state index is 13.3. The molecule has 0 aliphatic carbocycles. The van der Waals surface area contributed by atoms with Crippen LogP contribution in [0.5, 0.6) is 0 Å². The van der Waals surface area contributed by atoms with Gasteiger partial charge in [0.2, 0.25) is 5.78 Å². The Hall–Kier alpha value is -4.00. The van der Waals surface area contributed by atoms with Crippen LogP contribution >= 0.6 is 0 Å². The van der Waals surface area contributed by atoms with Crippen molar-refractivity contribution in [3.8, 4) is 0 Å². The number of hydrogen-bond acceptors (Lipinski definition) is 3. The third kappa shape index (κ3) is 3.24. The molecular weight excluding hydrogens is 395 g/mol. The molecule has 0 saturated heterocycles. The SMILES string of the molecule is Cc1ccccc1Cn1nc2n(Cc3ccc(F)cc3)c(=O)c3ccccc3n2c1=O. The number of hydrogen-bond donors (Lipinski definition) is 0. The minimum absolute atomic E-state index is 0.175. The predicted molar refractivity (Wildman–Crippen MR) is 117 cm³/mol. The van der Waals surface area contributed by atoms with Crippen LogP contribution < -0.4 is 11.2 Å². The van der Waals surface area contributed by atoms with E-state index in [1.54, 1.807) is 36.4 Å². The van der Waals surface area contributed by atoms with E-state index in [1.165, 1.54) is 25.8 Å². The average molecular weight is 414 g/mol. The van der Waals surface area contributed by atoms with Gasteiger partial charge in [-0.05, 0) is 47.9 Å². The minimum Gasteiger partial charge on any atom is -0.272 e. The van der Waals surface area contributed by atoms with E-state index in [0.717, 1.165) is 16.7 Å². The van der Waals surface area contributed by atoms with E-state index in [0.29, 0.717) is 17.4 Å². The van der Waals surface area contributed by atoms with E-state index in [1.807, 2.05) is 31.2 Å². The Morgan fingerprint density at radius 2 is 1.58 bits per heavy atom. The molecule has 5 aromatic rings. The highest BCUT2D eigenvalue weighted by atomic mass is 19.1. The van der Waals surface area contributed by atoms with Crippen molar-refractivity contribution < 1.29 is 4.39 Å². The van der Waals surface area contributed by atoms with Gasteiger partial charge >= 0.3 is 5.69 Å². The summed E-state index contributed by atoms with van der Waals surface area (Å²) in [5.41, 5.74) is 2.72. The summed E-state index contributed by atoms with van der Waals surface area (Å²) in [6.45, 7) is 2.45. The molecule has 6 nitrogen and oxygen atoms in total. The van der Waals surface area contributed by atoms with Crippen molar-refractivity contribution in [2.24, 2.45) is 0 Å². The highest BCUT2D eigenvalue weighted by molar-refractivity contribution is 5.80. The van der Waals surface area contributed by atoms with Crippen molar-refractivity contribution in [3.05, 3.63) is 116 Å². The van der Waals surface area contributed by atoms with Crippen LogP contribution in [0.2, 0.25) is 0 Å². The Labute approximate surface area is 176 Å². The molecule has 154 valence electrons. The second-order valence-corrected chi connectivity index (χ2v) is 7.54. The fourth-order valence-corrected chi connectivity index (χ4v) is 3.83. The second kappa shape index (κ2) is 7.36. The van der Waals surface area contributed by atoms with Crippen LogP contribution in [0.4, 0.5) is 4.39 Å². The molecule has 0 fully saturated rings. The summed E-state index contributed by atoms with van der Waals surface area (Å²) in [6.07, 6.45) is 0. The van der Waals surface area contributed by atoms with Crippen LogP contribution in [0.3, 0.4) is 0 Å². The number of nitrogens with zero attached hydrogens (tertiary/aromatic N) is 4. The molecule has 7 heteroatoms. The number of fused-ring (bicyclic) bond motifs is 3. The van der Waals surface area contributed by atoms with E-state index >= 15 is 0 Å². The molecule has 0 aliphatic rings. The summed E-state index contributed by atoms with van der Waals surface area (Å²) in [7, 11) is 0. The summed E-state index contributed by atoms with van der Waals surface area (Å²) in [5.74, 6) is -0.0925. The molecule has 0 atom stereocenters. The van der Waals surface area contributed by atoms with E-state index in [9.17, 15) is 14.0 Å². The van der Waals surface area contributed by atoms with Gasteiger partial charge in [0.1, 0.15) is 5.82 Å². The maximum absolute atomic E-state index is 13.3. The molecule has 2 aromatic heterocycles. The molecule has 0 saturated carbocycles. The van der Waals surface area contributed by atoms with Crippen molar-refractivity contribution in [2.75, 3.05) is 0 Å². The van der Waals surface area contributed by atoms with Gasteiger partial charge in [-0.25, -0.2) is 18.3 Å². The van der Waals surface area contributed by atoms with Crippen molar-refractivity contribution in [2.45, 2.75) is 20.0 Å². The summed E-state index contributed by atoms with van der Waals surface area (Å²) in [5, 5.41) is 4.95. The van der Waals surface area contributed by atoms with Gasteiger partial charge in [-0.15, -0.1) is 5.10 Å². The van der Waals surface area contributed by atoms with E-state index in [4.69, 9.17) is 0 Å². The number of aryl methyl sites for hydroxylation is 1. The fourth-order valence-electron chi connectivity index (χ4n) is 3.83. The zero-order valence-electron chi connectivity index (χ0n) is 16.8. The summed E-state index contributed by atoms with van der Waals surface area (Å²) in [6, 6.07) is 20.7.